The fourth-order valence-electron chi connectivity index (χ4n) is 3.06. The Morgan fingerprint density at radius 2 is 2.00 bits per heavy atom. The van der Waals surface area contributed by atoms with E-state index in [1.165, 1.54) is 0 Å². The molecule has 0 aliphatic heterocycles. The number of hydrogen-bond acceptors (Lipinski definition) is 1. The Bertz CT molecular complexity index is 246. The molecule has 0 saturated heterocycles. The molecule has 0 N–H and O–H groups in total. The first-order valence-corrected chi connectivity index (χ1v) is 5.03. The average molecular weight is 187 g/mol. The van der Waals surface area contributed by atoms with Gasteiger partial charge in [0.25, 0.3) is 0 Å². The first-order chi connectivity index (χ1) is 5.42. The maximum absolute atomic E-state index is 11.7. The molecule has 3 aliphatic carbocycles. The molecule has 0 spiro atoms. The summed E-state index contributed by atoms with van der Waals surface area (Å²) in [4.78, 5) is 11.1. The van der Waals surface area contributed by atoms with Gasteiger partial charge in [-0.25, -0.2) is 0 Å². The molecule has 2 bridgehead atoms. The Morgan fingerprint density at radius 3 is 2.33 bits per heavy atom. The summed E-state index contributed by atoms with van der Waals surface area (Å²) < 4.78 is 0. The van der Waals surface area contributed by atoms with E-state index >= 15 is 0 Å². The van der Waals surface area contributed by atoms with Gasteiger partial charge in [0.2, 0.25) is 0 Å². The topological polar surface area (TPSA) is 17.1 Å². The van der Waals surface area contributed by atoms with E-state index in [1.807, 2.05) is 0 Å². The number of carbonyl (C=O) groups is 1. The molecule has 1 nitrogen and oxygen atoms in total. The third kappa shape index (κ3) is 0.618. The molecule has 3 rings (SSSR count). The Balaban J connectivity index is 2.42. The highest BCUT2D eigenvalue weighted by Crippen LogP contribution is 2.64. The van der Waals surface area contributed by atoms with Crippen LogP contribution in [0.1, 0.15) is 33.6 Å². The van der Waals surface area contributed by atoms with E-state index in [4.69, 9.17) is 11.6 Å². The maximum atomic E-state index is 11.7. The molecule has 3 aliphatic rings. The largest absolute Gasteiger partial charge is 0.297 e. The zero-order chi connectivity index (χ0) is 9.15. The number of Topliss-reactive ketones (excluding diaryl/α,β-unsaturated/α-hetero) is 1. The molecular weight excluding hydrogens is 172 g/mol. The number of rotatable bonds is 0. The van der Waals surface area contributed by atoms with E-state index in [0.717, 1.165) is 12.8 Å². The Morgan fingerprint density at radius 1 is 1.42 bits per heavy atom. The molecule has 2 heteroatoms. The molecule has 3 atom stereocenters. The van der Waals surface area contributed by atoms with E-state index in [1.54, 1.807) is 0 Å². The number of fused-ring (bicyclic) bond motifs is 2. The molecule has 3 fully saturated rings. The first kappa shape index (κ1) is 8.55. The minimum Gasteiger partial charge on any atom is -0.297 e. The summed E-state index contributed by atoms with van der Waals surface area (Å²) in [6.07, 6.45) is 2.16. The van der Waals surface area contributed by atoms with Crippen molar-refractivity contribution in [2.75, 3.05) is 0 Å². The summed E-state index contributed by atoms with van der Waals surface area (Å²) >= 11 is 6.38. The summed E-state index contributed by atoms with van der Waals surface area (Å²) in [6.45, 7) is 6.35. The summed E-state index contributed by atoms with van der Waals surface area (Å²) in [7, 11) is 0. The molecule has 0 unspecified atom stereocenters. The van der Waals surface area contributed by atoms with Gasteiger partial charge in [-0.2, -0.15) is 0 Å². The van der Waals surface area contributed by atoms with Crippen molar-refractivity contribution >= 4 is 17.4 Å². The van der Waals surface area contributed by atoms with Crippen LogP contribution in [0.25, 0.3) is 0 Å². The highest BCUT2D eigenvalue weighted by atomic mass is 35.5. The maximum Gasteiger partial charge on any atom is 0.158 e. The van der Waals surface area contributed by atoms with Crippen molar-refractivity contribution in [3.8, 4) is 0 Å². The summed E-state index contributed by atoms with van der Waals surface area (Å²) in [5.74, 6) is 0.894. The fraction of sp³-hybridized carbons (Fsp3) is 0.900. The second-order valence-corrected chi connectivity index (χ2v) is 5.42. The smallest absolute Gasteiger partial charge is 0.158 e. The zero-order valence-electron chi connectivity index (χ0n) is 7.86. The van der Waals surface area contributed by atoms with Crippen LogP contribution < -0.4 is 0 Å². The first-order valence-electron chi connectivity index (χ1n) is 4.65. The van der Waals surface area contributed by atoms with Crippen molar-refractivity contribution in [2.45, 2.75) is 38.5 Å². The van der Waals surface area contributed by atoms with Gasteiger partial charge in [-0.3, -0.25) is 4.79 Å². The van der Waals surface area contributed by atoms with Gasteiger partial charge >= 0.3 is 0 Å². The number of alkyl halides is 1. The van der Waals surface area contributed by atoms with Crippen molar-refractivity contribution in [1.82, 2.24) is 0 Å². The van der Waals surface area contributed by atoms with Crippen LogP contribution in [0.15, 0.2) is 0 Å². The average Bonchev–Trinajstić information content (AvgIpc) is 1.99. The molecular formula is C10H15ClO. The van der Waals surface area contributed by atoms with Gasteiger partial charge in [-0.05, 0) is 18.8 Å². The van der Waals surface area contributed by atoms with E-state index < -0.39 is 4.87 Å². The molecule has 0 amide bonds. The van der Waals surface area contributed by atoms with Gasteiger partial charge in [-0.1, -0.05) is 20.8 Å². The highest BCUT2D eigenvalue weighted by molar-refractivity contribution is 6.39. The van der Waals surface area contributed by atoms with Crippen LogP contribution in [0.3, 0.4) is 0 Å². The SMILES string of the molecule is C[C@H]1CC[C@@H]2C(=O)[C@@]1(Cl)C2(C)C. The summed E-state index contributed by atoms with van der Waals surface area (Å²) in [5.41, 5.74) is 0.0311. The van der Waals surface area contributed by atoms with Gasteiger partial charge in [0.15, 0.2) is 5.78 Å². The van der Waals surface area contributed by atoms with E-state index in [2.05, 4.69) is 20.8 Å². The molecule has 3 saturated carbocycles. The zero-order valence-corrected chi connectivity index (χ0v) is 8.61. The van der Waals surface area contributed by atoms with Crippen LogP contribution in [0.4, 0.5) is 0 Å². The highest BCUT2D eigenvalue weighted by Gasteiger charge is 2.70. The number of hydrogen-bond donors (Lipinski definition) is 0. The van der Waals surface area contributed by atoms with Gasteiger partial charge in [0.1, 0.15) is 4.87 Å². The fourth-order valence-corrected chi connectivity index (χ4v) is 3.43. The lowest BCUT2D eigenvalue weighted by Gasteiger charge is -2.63. The summed E-state index contributed by atoms with van der Waals surface area (Å²) in [5, 5.41) is 0. The Hall–Kier alpha value is -0.0400. The molecule has 0 aromatic heterocycles. The third-order valence-corrected chi connectivity index (χ3v) is 5.10. The van der Waals surface area contributed by atoms with Crippen molar-refractivity contribution in [3.05, 3.63) is 0 Å². The lowest BCUT2D eigenvalue weighted by molar-refractivity contribution is -0.160. The van der Waals surface area contributed by atoms with Crippen molar-refractivity contribution < 1.29 is 4.79 Å². The van der Waals surface area contributed by atoms with Gasteiger partial charge < -0.3 is 0 Å². The molecule has 0 radical (unpaired) electrons. The molecule has 12 heavy (non-hydrogen) atoms. The second kappa shape index (κ2) is 2.06. The minimum atomic E-state index is -0.532. The van der Waals surface area contributed by atoms with Gasteiger partial charge in [-0.15, -0.1) is 11.6 Å². The van der Waals surface area contributed by atoms with Crippen LogP contribution in [-0.4, -0.2) is 10.7 Å². The Labute approximate surface area is 78.5 Å². The molecule has 0 heterocycles. The van der Waals surface area contributed by atoms with Gasteiger partial charge in [0.05, 0.1) is 0 Å². The van der Waals surface area contributed by atoms with Crippen molar-refractivity contribution in [3.63, 3.8) is 0 Å². The summed E-state index contributed by atoms with van der Waals surface area (Å²) in [6, 6.07) is 0. The van der Waals surface area contributed by atoms with E-state index in [-0.39, 0.29) is 11.3 Å². The van der Waals surface area contributed by atoms with Crippen LogP contribution in [0, 0.1) is 17.3 Å². The standard InChI is InChI=1S/C10H15ClO/c1-6-4-5-7-8(12)10(6,11)9(7,2)3/h6-7H,4-5H2,1-3H3/t6-,7+,10+/m0/s1. The van der Waals surface area contributed by atoms with Crippen LogP contribution in [0.2, 0.25) is 0 Å². The van der Waals surface area contributed by atoms with Gasteiger partial charge in [0, 0.05) is 11.3 Å². The second-order valence-electron chi connectivity index (χ2n) is 4.83. The van der Waals surface area contributed by atoms with Crippen LogP contribution >= 0.6 is 11.6 Å². The van der Waals surface area contributed by atoms with E-state index in [9.17, 15) is 4.79 Å². The quantitative estimate of drug-likeness (QED) is 0.532. The normalized spacial score (nSPS) is 50.2. The lowest BCUT2D eigenvalue weighted by Crippen LogP contribution is -2.71. The predicted octanol–water partition coefficient (Wildman–Crippen LogP) is 2.62. The number of ketones is 1. The van der Waals surface area contributed by atoms with Crippen molar-refractivity contribution in [2.24, 2.45) is 17.3 Å². The molecule has 0 aromatic carbocycles. The van der Waals surface area contributed by atoms with E-state index in [0.29, 0.717) is 11.7 Å². The number of carbonyl (C=O) groups excluding carboxylic acids is 1. The third-order valence-electron chi connectivity index (χ3n) is 4.05. The molecule has 0 aromatic rings. The minimum absolute atomic E-state index is 0.0311. The van der Waals surface area contributed by atoms with Crippen LogP contribution in [0.5, 0.6) is 0 Å². The Kier molecular flexibility index (Phi) is 1.47. The lowest BCUT2D eigenvalue weighted by atomic mass is 9.44. The number of halogens is 1. The predicted molar refractivity (Wildman–Crippen MR) is 49.3 cm³/mol. The molecule has 68 valence electrons. The van der Waals surface area contributed by atoms with Crippen molar-refractivity contribution in [1.29, 1.82) is 0 Å². The monoisotopic (exact) mass is 186 g/mol. The van der Waals surface area contributed by atoms with Crippen LogP contribution in [-0.2, 0) is 4.79 Å².